The summed E-state index contributed by atoms with van der Waals surface area (Å²) >= 11 is 1.42. The lowest BCUT2D eigenvalue weighted by Crippen LogP contribution is -2.28. The van der Waals surface area contributed by atoms with Gasteiger partial charge in [-0.2, -0.15) is 0 Å². The van der Waals surface area contributed by atoms with Crippen LogP contribution >= 0.6 is 11.8 Å². The minimum atomic E-state index is -0.654. The van der Waals surface area contributed by atoms with Crippen molar-refractivity contribution in [1.82, 2.24) is 5.32 Å². The lowest BCUT2D eigenvalue weighted by molar-refractivity contribution is -0.119. The van der Waals surface area contributed by atoms with Gasteiger partial charge in [0.15, 0.2) is 0 Å². The van der Waals surface area contributed by atoms with Crippen LogP contribution in [0.2, 0.25) is 0 Å². The summed E-state index contributed by atoms with van der Waals surface area (Å²) < 4.78 is 26.5. The largest absolute Gasteiger partial charge is 0.349 e. The van der Waals surface area contributed by atoms with E-state index in [0.29, 0.717) is 0 Å². The van der Waals surface area contributed by atoms with E-state index in [-0.39, 0.29) is 17.2 Å². The molecule has 2 aromatic carbocycles. The molecule has 2 nitrogen and oxygen atoms in total. The molecule has 0 aliphatic carbocycles. The van der Waals surface area contributed by atoms with Gasteiger partial charge in [-0.25, -0.2) is 8.78 Å². The Kier molecular flexibility index (Phi) is 5.55. The molecule has 1 amide bonds. The number of rotatable bonds is 5. The van der Waals surface area contributed by atoms with E-state index >= 15 is 0 Å². The van der Waals surface area contributed by atoms with Gasteiger partial charge in [0.2, 0.25) is 5.91 Å². The Morgan fingerprint density at radius 2 is 1.86 bits per heavy atom. The van der Waals surface area contributed by atoms with Gasteiger partial charge >= 0.3 is 0 Å². The molecule has 1 unspecified atom stereocenters. The second kappa shape index (κ2) is 7.40. The zero-order valence-electron chi connectivity index (χ0n) is 12.4. The molecule has 116 valence electrons. The third-order valence-electron chi connectivity index (χ3n) is 3.20. The fourth-order valence-electron chi connectivity index (χ4n) is 2.00. The van der Waals surface area contributed by atoms with E-state index in [0.717, 1.165) is 16.5 Å². The highest BCUT2D eigenvalue weighted by molar-refractivity contribution is 8.00. The van der Waals surface area contributed by atoms with Crippen LogP contribution in [0.3, 0.4) is 0 Å². The molecular formula is C17H17F2NOS. The number of amides is 1. The molecule has 0 bridgehead atoms. The van der Waals surface area contributed by atoms with Gasteiger partial charge in [-0.05, 0) is 32.0 Å². The molecule has 2 rings (SSSR count). The van der Waals surface area contributed by atoms with Crippen molar-refractivity contribution in [3.63, 3.8) is 0 Å². The van der Waals surface area contributed by atoms with Gasteiger partial charge in [0.25, 0.3) is 0 Å². The normalized spacial score (nSPS) is 12.0. The van der Waals surface area contributed by atoms with Gasteiger partial charge in [-0.3, -0.25) is 4.79 Å². The van der Waals surface area contributed by atoms with Crippen LogP contribution in [0.25, 0.3) is 0 Å². The van der Waals surface area contributed by atoms with Crippen molar-refractivity contribution in [2.75, 3.05) is 5.75 Å². The first kappa shape index (κ1) is 16.5. The summed E-state index contributed by atoms with van der Waals surface area (Å²) in [6.45, 7) is 3.67. The van der Waals surface area contributed by atoms with Crippen molar-refractivity contribution >= 4 is 17.7 Å². The first-order chi connectivity index (χ1) is 10.5. The van der Waals surface area contributed by atoms with E-state index in [1.54, 1.807) is 6.92 Å². The molecule has 0 radical (unpaired) electrons. The van der Waals surface area contributed by atoms with Crippen LogP contribution < -0.4 is 5.32 Å². The maximum absolute atomic E-state index is 13.6. The quantitative estimate of drug-likeness (QED) is 0.835. The number of aryl methyl sites for hydroxylation is 1. The second-order valence-corrected chi connectivity index (χ2v) is 6.11. The molecule has 0 heterocycles. The SMILES string of the molecule is Cc1ccc(SCC(=O)NC(C)c2ccc(F)cc2F)cc1. The highest BCUT2D eigenvalue weighted by atomic mass is 32.2. The van der Waals surface area contributed by atoms with Crippen LogP contribution in [0.15, 0.2) is 47.4 Å². The Morgan fingerprint density at radius 1 is 1.18 bits per heavy atom. The third-order valence-corrected chi connectivity index (χ3v) is 4.21. The lowest BCUT2D eigenvalue weighted by atomic mass is 10.1. The molecule has 0 spiro atoms. The molecule has 0 saturated carbocycles. The number of nitrogens with one attached hydrogen (secondary N) is 1. The predicted molar refractivity (Wildman–Crippen MR) is 84.8 cm³/mol. The molecule has 5 heteroatoms. The molecule has 0 aromatic heterocycles. The van der Waals surface area contributed by atoms with Crippen molar-refractivity contribution in [2.24, 2.45) is 0 Å². The number of carbonyl (C=O) groups is 1. The van der Waals surface area contributed by atoms with Gasteiger partial charge in [0.1, 0.15) is 11.6 Å². The van der Waals surface area contributed by atoms with Crippen LogP contribution in [-0.4, -0.2) is 11.7 Å². The van der Waals surface area contributed by atoms with E-state index in [1.165, 1.54) is 23.9 Å². The zero-order chi connectivity index (χ0) is 16.1. The first-order valence-corrected chi connectivity index (χ1v) is 7.88. The molecule has 22 heavy (non-hydrogen) atoms. The summed E-state index contributed by atoms with van der Waals surface area (Å²) in [4.78, 5) is 12.9. The van der Waals surface area contributed by atoms with Crippen molar-refractivity contribution in [2.45, 2.75) is 24.8 Å². The van der Waals surface area contributed by atoms with Crippen molar-refractivity contribution in [1.29, 1.82) is 0 Å². The summed E-state index contributed by atoms with van der Waals surface area (Å²) in [5.74, 6) is -1.23. The van der Waals surface area contributed by atoms with Gasteiger partial charge in [0, 0.05) is 16.5 Å². The summed E-state index contributed by atoms with van der Waals surface area (Å²) in [6.07, 6.45) is 0. The fourth-order valence-corrected chi connectivity index (χ4v) is 2.71. The number of benzene rings is 2. The van der Waals surface area contributed by atoms with Gasteiger partial charge in [-0.15, -0.1) is 11.8 Å². The Balaban J connectivity index is 1.89. The fraction of sp³-hybridized carbons (Fsp3) is 0.235. The van der Waals surface area contributed by atoms with Crippen LogP contribution in [0.4, 0.5) is 8.78 Å². The van der Waals surface area contributed by atoms with E-state index in [2.05, 4.69) is 5.32 Å². The van der Waals surface area contributed by atoms with Crippen LogP contribution in [0.5, 0.6) is 0 Å². The average molecular weight is 321 g/mol. The standard InChI is InChI=1S/C17H17F2NOS/c1-11-3-6-14(7-4-11)22-10-17(21)20-12(2)15-8-5-13(18)9-16(15)19/h3-9,12H,10H2,1-2H3,(H,20,21). The Labute approximate surface area is 132 Å². The lowest BCUT2D eigenvalue weighted by Gasteiger charge is -2.15. The maximum atomic E-state index is 13.6. The molecule has 2 aromatic rings. The highest BCUT2D eigenvalue weighted by Crippen LogP contribution is 2.20. The van der Waals surface area contributed by atoms with E-state index < -0.39 is 17.7 Å². The molecule has 0 saturated heterocycles. The molecule has 0 aliphatic heterocycles. The minimum Gasteiger partial charge on any atom is -0.349 e. The monoisotopic (exact) mass is 321 g/mol. The number of hydrogen-bond acceptors (Lipinski definition) is 2. The Morgan fingerprint density at radius 3 is 2.50 bits per heavy atom. The zero-order valence-corrected chi connectivity index (χ0v) is 13.2. The predicted octanol–water partition coefficient (Wildman–Crippen LogP) is 4.24. The van der Waals surface area contributed by atoms with Crippen molar-refractivity contribution in [3.05, 3.63) is 65.2 Å². The maximum Gasteiger partial charge on any atom is 0.230 e. The number of thioether (sulfide) groups is 1. The highest BCUT2D eigenvalue weighted by Gasteiger charge is 2.14. The van der Waals surface area contributed by atoms with Crippen molar-refractivity contribution in [3.8, 4) is 0 Å². The second-order valence-electron chi connectivity index (χ2n) is 5.06. The number of hydrogen-bond donors (Lipinski definition) is 1. The van der Waals surface area contributed by atoms with Crippen LogP contribution in [-0.2, 0) is 4.79 Å². The topological polar surface area (TPSA) is 29.1 Å². The average Bonchev–Trinajstić information content (AvgIpc) is 2.46. The Hall–Kier alpha value is -1.88. The van der Waals surface area contributed by atoms with Crippen LogP contribution in [0.1, 0.15) is 24.1 Å². The van der Waals surface area contributed by atoms with E-state index in [1.807, 2.05) is 31.2 Å². The van der Waals surface area contributed by atoms with Gasteiger partial charge in [-0.1, -0.05) is 23.8 Å². The smallest absolute Gasteiger partial charge is 0.230 e. The third kappa shape index (κ3) is 4.56. The molecule has 1 N–H and O–H groups in total. The summed E-state index contributed by atoms with van der Waals surface area (Å²) in [5, 5.41) is 2.72. The van der Waals surface area contributed by atoms with E-state index in [4.69, 9.17) is 0 Å². The number of carbonyl (C=O) groups excluding carboxylic acids is 1. The molecule has 0 fully saturated rings. The molecular weight excluding hydrogens is 304 g/mol. The number of halogens is 2. The van der Waals surface area contributed by atoms with Gasteiger partial charge in [0.05, 0.1) is 11.8 Å². The summed E-state index contributed by atoms with van der Waals surface area (Å²) in [7, 11) is 0. The first-order valence-electron chi connectivity index (χ1n) is 6.89. The molecule has 1 atom stereocenters. The van der Waals surface area contributed by atoms with E-state index in [9.17, 15) is 13.6 Å². The summed E-state index contributed by atoms with van der Waals surface area (Å²) in [5.41, 5.74) is 1.43. The Bertz CT molecular complexity index is 658. The summed E-state index contributed by atoms with van der Waals surface area (Å²) in [6, 6.07) is 10.7. The van der Waals surface area contributed by atoms with Crippen LogP contribution in [0, 0.1) is 18.6 Å². The molecule has 0 aliphatic rings. The van der Waals surface area contributed by atoms with Gasteiger partial charge < -0.3 is 5.32 Å². The van der Waals surface area contributed by atoms with Crippen molar-refractivity contribution < 1.29 is 13.6 Å². The minimum absolute atomic E-state index is 0.193.